The van der Waals surface area contributed by atoms with E-state index >= 15 is 0 Å². The molecule has 0 atom stereocenters. The summed E-state index contributed by atoms with van der Waals surface area (Å²) in [6.45, 7) is 3.95. The number of anilines is 1. The van der Waals surface area contributed by atoms with Crippen LogP contribution in [-0.2, 0) is 0 Å². The lowest BCUT2D eigenvalue weighted by Gasteiger charge is -2.12. The molecule has 0 aliphatic rings. The SMILES string of the molecule is CCCNc1nc(SCCN(C)C)c(Cl)cc1Cl. The van der Waals surface area contributed by atoms with Gasteiger partial charge >= 0.3 is 0 Å². The highest BCUT2D eigenvalue weighted by atomic mass is 35.5. The highest BCUT2D eigenvalue weighted by Gasteiger charge is 2.09. The van der Waals surface area contributed by atoms with Crippen LogP contribution in [0.2, 0.25) is 10.0 Å². The van der Waals surface area contributed by atoms with Gasteiger partial charge in [0, 0.05) is 18.8 Å². The van der Waals surface area contributed by atoms with Crippen molar-refractivity contribution in [1.82, 2.24) is 9.88 Å². The average molecular weight is 308 g/mol. The maximum atomic E-state index is 6.14. The Hall–Kier alpha value is -0.160. The van der Waals surface area contributed by atoms with E-state index in [4.69, 9.17) is 23.2 Å². The number of thioether (sulfide) groups is 1. The molecule has 3 nitrogen and oxygen atoms in total. The Morgan fingerprint density at radius 3 is 2.67 bits per heavy atom. The second-order valence-corrected chi connectivity index (χ2v) is 6.08. The zero-order valence-electron chi connectivity index (χ0n) is 11.0. The van der Waals surface area contributed by atoms with E-state index in [1.165, 1.54) is 0 Å². The van der Waals surface area contributed by atoms with Gasteiger partial charge in [0.15, 0.2) is 0 Å². The highest BCUT2D eigenvalue weighted by molar-refractivity contribution is 7.99. The van der Waals surface area contributed by atoms with Gasteiger partial charge in [0.2, 0.25) is 0 Å². The lowest BCUT2D eigenvalue weighted by Crippen LogP contribution is -2.14. The second-order valence-electron chi connectivity index (χ2n) is 4.18. The number of pyridine rings is 1. The van der Waals surface area contributed by atoms with Crippen LogP contribution in [0.25, 0.3) is 0 Å². The molecule has 0 unspecified atom stereocenters. The number of rotatable bonds is 7. The fraction of sp³-hybridized carbons (Fsp3) is 0.583. The number of halogens is 2. The van der Waals surface area contributed by atoms with Gasteiger partial charge in [-0.25, -0.2) is 4.98 Å². The van der Waals surface area contributed by atoms with Gasteiger partial charge in [0.25, 0.3) is 0 Å². The first-order valence-corrected chi connectivity index (χ1v) is 7.66. The van der Waals surface area contributed by atoms with Crippen LogP contribution in [-0.4, -0.2) is 42.8 Å². The van der Waals surface area contributed by atoms with E-state index < -0.39 is 0 Å². The molecule has 0 spiro atoms. The molecule has 18 heavy (non-hydrogen) atoms. The molecule has 1 heterocycles. The molecule has 0 aromatic carbocycles. The summed E-state index contributed by atoms with van der Waals surface area (Å²) in [7, 11) is 4.09. The summed E-state index contributed by atoms with van der Waals surface area (Å²) < 4.78 is 0. The number of aromatic nitrogens is 1. The lowest BCUT2D eigenvalue weighted by molar-refractivity contribution is 0.437. The fourth-order valence-electron chi connectivity index (χ4n) is 1.24. The standard InChI is InChI=1S/C12H19Cl2N3S/c1-4-5-15-11-9(13)8-10(14)12(16-11)18-7-6-17(2)3/h8H,4-7H2,1-3H3,(H,15,16). The monoisotopic (exact) mass is 307 g/mol. The summed E-state index contributed by atoms with van der Waals surface area (Å²) >= 11 is 13.9. The summed E-state index contributed by atoms with van der Waals surface area (Å²) in [5.41, 5.74) is 0. The molecule has 0 fully saturated rings. The third-order valence-corrected chi connectivity index (χ3v) is 3.88. The lowest BCUT2D eigenvalue weighted by atomic mass is 10.4. The van der Waals surface area contributed by atoms with Crippen molar-refractivity contribution in [3.05, 3.63) is 16.1 Å². The molecule has 0 saturated carbocycles. The molecule has 0 radical (unpaired) electrons. The Morgan fingerprint density at radius 1 is 1.33 bits per heavy atom. The summed E-state index contributed by atoms with van der Waals surface area (Å²) in [4.78, 5) is 6.61. The first kappa shape index (κ1) is 15.9. The Balaban J connectivity index is 2.71. The zero-order valence-corrected chi connectivity index (χ0v) is 13.3. The topological polar surface area (TPSA) is 28.2 Å². The number of nitrogens with zero attached hydrogens (tertiary/aromatic N) is 2. The summed E-state index contributed by atoms with van der Waals surface area (Å²) in [6.07, 6.45) is 1.03. The van der Waals surface area contributed by atoms with Crippen LogP contribution in [0.15, 0.2) is 11.1 Å². The van der Waals surface area contributed by atoms with Crippen molar-refractivity contribution >= 4 is 40.8 Å². The first-order valence-electron chi connectivity index (χ1n) is 5.92. The normalized spacial score (nSPS) is 11.0. The van der Waals surface area contributed by atoms with Gasteiger partial charge in [-0.2, -0.15) is 0 Å². The van der Waals surface area contributed by atoms with E-state index in [1.54, 1.807) is 17.8 Å². The molecule has 0 saturated heterocycles. The van der Waals surface area contributed by atoms with Crippen molar-refractivity contribution in [2.75, 3.05) is 38.3 Å². The minimum absolute atomic E-state index is 0.574. The molecular weight excluding hydrogens is 289 g/mol. The van der Waals surface area contributed by atoms with Gasteiger partial charge in [-0.3, -0.25) is 0 Å². The zero-order chi connectivity index (χ0) is 13.5. The predicted molar refractivity (Wildman–Crippen MR) is 82.3 cm³/mol. The molecule has 6 heteroatoms. The Bertz CT molecular complexity index is 386. The average Bonchev–Trinajstić information content (AvgIpc) is 2.30. The molecule has 1 aromatic rings. The van der Waals surface area contributed by atoms with Crippen molar-refractivity contribution in [2.45, 2.75) is 18.4 Å². The largest absolute Gasteiger partial charge is 0.369 e. The molecule has 0 amide bonds. The predicted octanol–water partition coefficient (Wildman–Crippen LogP) is 3.86. The van der Waals surface area contributed by atoms with E-state index in [0.717, 1.165) is 36.1 Å². The number of hydrogen-bond donors (Lipinski definition) is 1. The van der Waals surface area contributed by atoms with Crippen LogP contribution in [0.3, 0.4) is 0 Å². The third kappa shape index (κ3) is 5.22. The third-order valence-electron chi connectivity index (χ3n) is 2.22. The second kappa shape index (κ2) is 8.10. The smallest absolute Gasteiger partial charge is 0.146 e. The van der Waals surface area contributed by atoms with Gasteiger partial charge in [0.05, 0.1) is 10.0 Å². The molecule has 1 aromatic heterocycles. The minimum atomic E-state index is 0.574. The van der Waals surface area contributed by atoms with Crippen molar-refractivity contribution in [3.8, 4) is 0 Å². The molecule has 0 aliphatic carbocycles. The molecule has 1 N–H and O–H groups in total. The highest BCUT2D eigenvalue weighted by Crippen LogP contribution is 2.31. The van der Waals surface area contributed by atoms with Crippen LogP contribution in [0.4, 0.5) is 5.82 Å². The first-order chi connectivity index (χ1) is 8.54. The quantitative estimate of drug-likeness (QED) is 0.774. The molecule has 0 bridgehead atoms. The maximum Gasteiger partial charge on any atom is 0.146 e. The molecule has 1 rings (SSSR count). The molecular formula is C12H19Cl2N3S. The molecule has 102 valence electrons. The van der Waals surface area contributed by atoms with Crippen LogP contribution >= 0.6 is 35.0 Å². The summed E-state index contributed by atoms with van der Waals surface area (Å²) in [5, 5.41) is 5.23. The molecule has 0 aliphatic heterocycles. The summed E-state index contributed by atoms with van der Waals surface area (Å²) in [6, 6.07) is 1.76. The van der Waals surface area contributed by atoms with Crippen LogP contribution < -0.4 is 5.32 Å². The minimum Gasteiger partial charge on any atom is -0.369 e. The Labute approximate surface area is 123 Å². The maximum absolute atomic E-state index is 6.14. The van der Waals surface area contributed by atoms with E-state index in [9.17, 15) is 0 Å². The van der Waals surface area contributed by atoms with E-state index in [2.05, 4.69) is 22.1 Å². The van der Waals surface area contributed by atoms with Crippen LogP contribution in [0, 0.1) is 0 Å². The van der Waals surface area contributed by atoms with Gasteiger partial charge in [-0.15, -0.1) is 11.8 Å². The Morgan fingerprint density at radius 2 is 2.06 bits per heavy atom. The summed E-state index contributed by atoms with van der Waals surface area (Å²) in [5.74, 6) is 1.67. The Kier molecular flexibility index (Phi) is 7.15. The van der Waals surface area contributed by atoms with Crippen molar-refractivity contribution in [1.29, 1.82) is 0 Å². The van der Waals surface area contributed by atoms with Crippen molar-refractivity contribution in [2.24, 2.45) is 0 Å². The van der Waals surface area contributed by atoms with E-state index in [1.807, 2.05) is 14.1 Å². The van der Waals surface area contributed by atoms with Gasteiger partial charge in [0.1, 0.15) is 10.8 Å². The van der Waals surface area contributed by atoms with Gasteiger partial charge < -0.3 is 10.2 Å². The van der Waals surface area contributed by atoms with Crippen molar-refractivity contribution < 1.29 is 0 Å². The fourth-order valence-corrected chi connectivity index (χ4v) is 2.83. The number of hydrogen-bond acceptors (Lipinski definition) is 4. The van der Waals surface area contributed by atoms with E-state index in [-0.39, 0.29) is 0 Å². The van der Waals surface area contributed by atoms with Gasteiger partial charge in [-0.05, 0) is 26.6 Å². The van der Waals surface area contributed by atoms with Crippen molar-refractivity contribution in [3.63, 3.8) is 0 Å². The van der Waals surface area contributed by atoms with E-state index in [0.29, 0.717) is 10.0 Å². The van der Waals surface area contributed by atoms with Gasteiger partial charge in [-0.1, -0.05) is 30.1 Å². The number of nitrogens with one attached hydrogen (secondary N) is 1. The van der Waals surface area contributed by atoms with Crippen LogP contribution in [0.5, 0.6) is 0 Å². The van der Waals surface area contributed by atoms with Crippen LogP contribution in [0.1, 0.15) is 13.3 Å².